The Labute approximate surface area is 140 Å². The maximum atomic E-state index is 13.0. The lowest BCUT2D eigenvalue weighted by atomic mass is 9.92. The predicted octanol–water partition coefficient (Wildman–Crippen LogP) is 3.44. The van der Waals surface area contributed by atoms with Crippen LogP contribution in [0.1, 0.15) is 31.2 Å². The maximum absolute atomic E-state index is 13.0. The van der Waals surface area contributed by atoms with E-state index in [1.807, 2.05) is 0 Å². The molecule has 0 bridgehead atoms. The molecule has 0 unspecified atom stereocenters. The van der Waals surface area contributed by atoms with E-state index >= 15 is 0 Å². The monoisotopic (exact) mass is 362 g/mol. The number of carboxylic acid groups (broad SMARTS) is 1. The Morgan fingerprint density at radius 1 is 1.32 bits per heavy atom. The van der Waals surface area contributed by atoms with Gasteiger partial charge in [0.05, 0.1) is 11.0 Å². The minimum absolute atomic E-state index is 0.104. The van der Waals surface area contributed by atoms with Crippen LogP contribution in [0.5, 0.6) is 0 Å². The third kappa shape index (κ3) is 5.31. The van der Waals surface area contributed by atoms with Gasteiger partial charge in [-0.25, -0.2) is 4.79 Å². The van der Waals surface area contributed by atoms with Gasteiger partial charge in [-0.1, -0.05) is 0 Å². The van der Waals surface area contributed by atoms with Crippen LogP contribution in [0.4, 0.5) is 24.5 Å². The lowest BCUT2D eigenvalue weighted by molar-refractivity contribution is -0.388. The smallest absolute Gasteiger partial charge is 0.423 e. The van der Waals surface area contributed by atoms with Crippen LogP contribution in [0, 0.1) is 10.1 Å². The first-order chi connectivity index (χ1) is 11.7. The zero-order chi connectivity index (χ0) is 18.6. The first-order valence-electron chi connectivity index (χ1n) is 7.62. The van der Waals surface area contributed by atoms with Crippen molar-refractivity contribution in [1.82, 2.24) is 0 Å². The molecule has 0 aromatic heterocycles. The number of hydrogen-bond donors (Lipinski definition) is 2. The first-order valence-corrected chi connectivity index (χ1v) is 7.62. The molecule has 0 spiro atoms. The van der Waals surface area contributed by atoms with Crippen LogP contribution in [-0.2, 0) is 15.7 Å². The number of benzene rings is 1. The van der Waals surface area contributed by atoms with Gasteiger partial charge in [0, 0.05) is 17.8 Å². The molecule has 1 fully saturated rings. The molecule has 2 N–H and O–H groups in total. The molecule has 0 atom stereocenters. The third-order valence-electron chi connectivity index (χ3n) is 3.99. The molecular formula is C15H17F3N2O5. The Morgan fingerprint density at radius 3 is 2.48 bits per heavy atom. The van der Waals surface area contributed by atoms with E-state index < -0.39 is 28.3 Å². The number of alkyl halides is 3. The molecule has 138 valence electrons. The summed E-state index contributed by atoms with van der Waals surface area (Å²) < 4.78 is 44.1. The second kappa shape index (κ2) is 7.68. The van der Waals surface area contributed by atoms with Crippen molar-refractivity contribution < 1.29 is 32.7 Å². The fourth-order valence-electron chi connectivity index (χ4n) is 2.81. The molecule has 25 heavy (non-hydrogen) atoms. The number of ether oxygens (including phenoxy) is 1. The average Bonchev–Trinajstić information content (AvgIpc) is 2.53. The molecule has 1 saturated carbocycles. The van der Waals surface area contributed by atoms with Crippen LogP contribution in [0.15, 0.2) is 18.2 Å². The zero-order valence-corrected chi connectivity index (χ0v) is 13.1. The Balaban J connectivity index is 2.00. The highest BCUT2D eigenvalue weighted by Gasteiger charge is 2.38. The number of nitrogens with one attached hydrogen (secondary N) is 1. The average molecular weight is 362 g/mol. The minimum Gasteiger partial charge on any atom is -0.480 e. The fraction of sp³-hybridized carbons (Fsp3) is 0.533. The Morgan fingerprint density at radius 2 is 1.96 bits per heavy atom. The highest BCUT2D eigenvalue weighted by Crippen LogP contribution is 2.38. The molecule has 2 rings (SSSR count). The maximum Gasteiger partial charge on any atom is 0.423 e. The van der Waals surface area contributed by atoms with Gasteiger partial charge in [0.2, 0.25) is 0 Å². The van der Waals surface area contributed by atoms with Crippen molar-refractivity contribution in [2.24, 2.45) is 0 Å². The molecule has 1 aliphatic carbocycles. The molecule has 0 radical (unpaired) electrons. The molecule has 1 aromatic rings. The van der Waals surface area contributed by atoms with Gasteiger partial charge in [0.25, 0.3) is 5.69 Å². The summed E-state index contributed by atoms with van der Waals surface area (Å²) in [6, 6.07) is 2.73. The van der Waals surface area contributed by atoms with Crippen molar-refractivity contribution in [2.75, 3.05) is 11.9 Å². The SMILES string of the molecule is O=C(O)CO[C@H]1CC[C@H](Nc2ccc([N+](=O)[O-])c(C(F)(F)F)c2)CC1. The summed E-state index contributed by atoms with van der Waals surface area (Å²) in [7, 11) is 0. The van der Waals surface area contributed by atoms with Crippen LogP contribution in [0.25, 0.3) is 0 Å². The summed E-state index contributed by atoms with van der Waals surface area (Å²) in [5.74, 6) is -1.05. The topological polar surface area (TPSA) is 102 Å². The van der Waals surface area contributed by atoms with Crippen molar-refractivity contribution in [1.29, 1.82) is 0 Å². The van der Waals surface area contributed by atoms with Crippen molar-refractivity contribution in [2.45, 2.75) is 44.0 Å². The highest BCUT2D eigenvalue weighted by molar-refractivity contribution is 5.68. The van der Waals surface area contributed by atoms with Gasteiger partial charge in [0.15, 0.2) is 0 Å². The van der Waals surface area contributed by atoms with Crippen molar-refractivity contribution in [3.05, 3.63) is 33.9 Å². The van der Waals surface area contributed by atoms with Gasteiger partial charge in [-0.05, 0) is 37.8 Å². The number of hydrogen-bond acceptors (Lipinski definition) is 5. The third-order valence-corrected chi connectivity index (χ3v) is 3.99. The molecule has 0 aliphatic heterocycles. The van der Waals surface area contributed by atoms with Crippen LogP contribution in [0.2, 0.25) is 0 Å². The Hall–Kier alpha value is -2.36. The summed E-state index contributed by atoms with van der Waals surface area (Å²) in [6.07, 6.45) is -2.63. The van der Waals surface area contributed by atoms with E-state index in [1.54, 1.807) is 0 Å². The van der Waals surface area contributed by atoms with Crippen molar-refractivity contribution >= 4 is 17.3 Å². The Bertz CT molecular complexity index is 643. The van der Waals surface area contributed by atoms with Gasteiger partial charge in [-0.2, -0.15) is 13.2 Å². The molecule has 0 heterocycles. The van der Waals surface area contributed by atoms with E-state index in [4.69, 9.17) is 9.84 Å². The van der Waals surface area contributed by atoms with E-state index in [9.17, 15) is 28.1 Å². The van der Waals surface area contributed by atoms with Crippen molar-refractivity contribution in [3.8, 4) is 0 Å². The van der Waals surface area contributed by atoms with E-state index in [1.165, 1.54) is 6.07 Å². The highest BCUT2D eigenvalue weighted by atomic mass is 19.4. The second-order valence-electron chi connectivity index (χ2n) is 5.81. The molecule has 7 nitrogen and oxygen atoms in total. The van der Waals surface area contributed by atoms with E-state index in [-0.39, 0.29) is 24.4 Å². The molecule has 1 aliphatic rings. The molecule has 10 heteroatoms. The second-order valence-corrected chi connectivity index (χ2v) is 5.81. The van der Waals surface area contributed by atoms with Crippen LogP contribution in [-0.4, -0.2) is 34.8 Å². The van der Waals surface area contributed by atoms with Gasteiger partial charge in [0.1, 0.15) is 12.2 Å². The number of rotatable bonds is 6. The number of anilines is 1. The minimum atomic E-state index is -4.82. The number of nitro groups is 1. The molecule has 0 amide bonds. The quantitative estimate of drug-likeness (QED) is 0.594. The number of carboxylic acids is 1. The van der Waals surface area contributed by atoms with Gasteiger partial charge < -0.3 is 15.2 Å². The van der Waals surface area contributed by atoms with Gasteiger partial charge in [-0.3, -0.25) is 10.1 Å². The lowest BCUT2D eigenvalue weighted by Gasteiger charge is -2.29. The molecule has 0 saturated heterocycles. The van der Waals surface area contributed by atoms with E-state index in [0.29, 0.717) is 25.7 Å². The number of nitrogens with zero attached hydrogens (tertiary/aromatic N) is 1. The van der Waals surface area contributed by atoms with E-state index in [0.717, 1.165) is 12.1 Å². The first kappa shape index (κ1) is 19.0. The predicted molar refractivity (Wildman–Crippen MR) is 81.4 cm³/mol. The number of nitro benzene ring substituents is 1. The summed E-state index contributed by atoms with van der Waals surface area (Å²) in [5, 5.41) is 22.3. The van der Waals surface area contributed by atoms with Crippen molar-refractivity contribution in [3.63, 3.8) is 0 Å². The fourth-order valence-corrected chi connectivity index (χ4v) is 2.81. The number of halogens is 3. The van der Waals surface area contributed by atoms with E-state index in [2.05, 4.69) is 5.32 Å². The zero-order valence-electron chi connectivity index (χ0n) is 13.1. The number of aliphatic carboxylic acids is 1. The largest absolute Gasteiger partial charge is 0.480 e. The molecule has 1 aromatic carbocycles. The number of carbonyl (C=O) groups is 1. The summed E-state index contributed by atoms with van der Waals surface area (Å²) in [6.45, 7) is -0.375. The van der Waals surface area contributed by atoms with Gasteiger partial charge in [-0.15, -0.1) is 0 Å². The van der Waals surface area contributed by atoms with Gasteiger partial charge >= 0.3 is 12.1 Å². The standard InChI is InChI=1S/C15H17F3N2O5/c16-15(17,18)12-7-10(3-6-13(12)20(23)24)19-9-1-4-11(5-2-9)25-8-14(21)22/h3,6-7,9,11,19H,1-2,4-5,8H2,(H,21,22)/t9-,11-. The van der Waals surface area contributed by atoms with Crippen LogP contribution < -0.4 is 5.32 Å². The normalized spacial score (nSPS) is 20.9. The summed E-state index contributed by atoms with van der Waals surface area (Å²) >= 11 is 0. The Kier molecular flexibility index (Phi) is 5.83. The molecular weight excluding hydrogens is 345 g/mol. The van der Waals surface area contributed by atoms with Crippen LogP contribution in [0.3, 0.4) is 0 Å². The lowest BCUT2D eigenvalue weighted by Crippen LogP contribution is -2.30. The summed E-state index contributed by atoms with van der Waals surface area (Å²) in [5.41, 5.74) is -2.11. The summed E-state index contributed by atoms with van der Waals surface area (Å²) in [4.78, 5) is 20.1. The van der Waals surface area contributed by atoms with Crippen LogP contribution >= 0.6 is 0 Å².